The number of nitrogens with zero attached hydrogens (tertiary/aromatic N) is 2. The first-order valence-electron chi connectivity index (χ1n) is 9.71. The van der Waals surface area contributed by atoms with Crippen LogP contribution in [0.15, 0.2) is 72.8 Å². The molecule has 3 aromatic carbocycles. The zero-order valence-corrected chi connectivity index (χ0v) is 16.9. The van der Waals surface area contributed by atoms with E-state index in [0.717, 1.165) is 11.1 Å². The van der Waals surface area contributed by atoms with E-state index in [2.05, 4.69) is 38.1 Å². The van der Waals surface area contributed by atoms with Gasteiger partial charge in [-0.2, -0.15) is 0 Å². The van der Waals surface area contributed by atoms with Crippen molar-refractivity contribution in [1.29, 1.82) is 10.5 Å². The monoisotopic (exact) mass is 394 g/mol. The fourth-order valence-corrected chi connectivity index (χ4v) is 3.33. The SMILES string of the molecule is CC(C=c1ccccc1=CC(C)c1ccc(OC#N)cc1)c1ccc(OC#N)cc1. The Balaban J connectivity index is 1.89. The van der Waals surface area contributed by atoms with Gasteiger partial charge in [-0.25, -0.2) is 0 Å². The van der Waals surface area contributed by atoms with Crippen molar-refractivity contribution >= 4 is 12.2 Å². The summed E-state index contributed by atoms with van der Waals surface area (Å²) in [6.45, 7) is 4.29. The molecule has 3 rings (SSSR count). The van der Waals surface area contributed by atoms with Crippen LogP contribution in [0, 0.1) is 23.0 Å². The van der Waals surface area contributed by atoms with Crippen molar-refractivity contribution in [1.82, 2.24) is 0 Å². The van der Waals surface area contributed by atoms with Crippen molar-refractivity contribution in [3.63, 3.8) is 0 Å². The predicted molar refractivity (Wildman–Crippen MR) is 117 cm³/mol. The first kappa shape index (κ1) is 20.7. The summed E-state index contributed by atoms with van der Waals surface area (Å²) in [7, 11) is 0. The molecular formula is C26H22N2O2. The summed E-state index contributed by atoms with van der Waals surface area (Å²) < 4.78 is 9.70. The molecule has 0 aromatic heterocycles. The maximum Gasteiger partial charge on any atom is 0.292 e. The van der Waals surface area contributed by atoms with E-state index >= 15 is 0 Å². The minimum atomic E-state index is 0.202. The highest BCUT2D eigenvalue weighted by molar-refractivity contribution is 5.45. The molecule has 0 saturated heterocycles. The van der Waals surface area contributed by atoms with E-state index in [1.54, 1.807) is 12.5 Å². The molecule has 3 aromatic rings. The normalized spacial score (nSPS) is 13.7. The lowest BCUT2D eigenvalue weighted by Crippen LogP contribution is -2.25. The summed E-state index contributed by atoms with van der Waals surface area (Å²) in [4.78, 5) is 0. The Kier molecular flexibility index (Phi) is 6.87. The van der Waals surface area contributed by atoms with E-state index in [1.807, 2.05) is 60.7 Å². The Bertz CT molecular complexity index is 1090. The van der Waals surface area contributed by atoms with Crippen molar-refractivity contribution in [3.05, 3.63) is 94.4 Å². The van der Waals surface area contributed by atoms with Gasteiger partial charge in [0.25, 0.3) is 12.5 Å². The molecule has 0 aliphatic carbocycles. The van der Waals surface area contributed by atoms with E-state index in [-0.39, 0.29) is 11.8 Å². The van der Waals surface area contributed by atoms with Gasteiger partial charge in [0, 0.05) is 0 Å². The number of benzene rings is 3. The molecule has 2 unspecified atom stereocenters. The predicted octanol–water partition coefficient (Wildman–Crippen LogP) is 4.57. The smallest absolute Gasteiger partial charge is 0.292 e. The summed E-state index contributed by atoms with van der Waals surface area (Å²) >= 11 is 0. The van der Waals surface area contributed by atoms with Crippen LogP contribution in [0.3, 0.4) is 0 Å². The molecule has 148 valence electrons. The first-order valence-corrected chi connectivity index (χ1v) is 9.71. The van der Waals surface area contributed by atoms with Gasteiger partial charge in [-0.15, -0.1) is 10.5 Å². The summed E-state index contributed by atoms with van der Waals surface area (Å²) in [5.74, 6) is 1.49. The van der Waals surface area contributed by atoms with Crippen LogP contribution in [0.2, 0.25) is 0 Å². The molecule has 4 heteroatoms. The van der Waals surface area contributed by atoms with Gasteiger partial charge in [-0.05, 0) is 57.7 Å². The molecule has 0 aliphatic heterocycles. The zero-order valence-electron chi connectivity index (χ0n) is 16.9. The Morgan fingerprint density at radius 1 is 0.633 bits per heavy atom. The number of nitriles is 2. The highest BCUT2D eigenvalue weighted by atomic mass is 16.5. The van der Waals surface area contributed by atoms with Gasteiger partial charge < -0.3 is 9.47 Å². The van der Waals surface area contributed by atoms with E-state index in [4.69, 9.17) is 20.0 Å². The average Bonchev–Trinajstić information content (AvgIpc) is 2.76. The number of hydrogen-bond donors (Lipinski definition) is 0. The summed E-state index contributed by atoms with van der Waals surface area (Å²) in [5, 5.41) is 19.6. The fourth-order valence-electron chi connectivity index (χ4n) is 3.33. The molecule has 0 heterocycles. The third-order valence-electron chi connectivity index (χ3n) is 4.99. The van der Waals surface area contributed by atoms with Gasteiger partial charge in [0.1, 0.15) is 11.5 Å². The fraction of sp³-hybridized carbons (Fsp3) is 0.154. The third-order valence-corrected chi connectivity index (χ3v) is 4.99. The zero-order chi connectivity index (χ0) is 21.3. The molecule has 0 N–H and O–H groups in total. The summed E-state index contributed by atoms with van der Waals surface area (Å²) in [5.41, 5.74) is 2.30. The lowest BCUT2D eigenvalue weighted by Gasteiger charge is -2.09. The van der Waals surface area contributed by atoms with Gasteiger partial charge in [0.05, 0.1) is 0 Å². The molecule has 0 spiro atoms. The van der Waals surface area contributed by atoms with Crippen LogP contribution in [0.5, 0.6) is 11.5 Å². The minimum Gasteiger partial charge on any atom is -0.388 e. The number of ether oxygens (including phenoxy) is 2. The molecule has 0 fully saturated rings. The number of rotatable bonds is 6. The van der Waals surface area contributed by atoms with Crippen molar-refractivity contribution < 1.29 is 9.47 Å². The second-order valence-corrected chi connectivity index (χ2v) is 7.06. The van der Waals surface area contributed by atoms with Gasteiger partial charge in [0.2, 0.25) is 0 Å². The van der Waals surface area contributed by atoms with Gasteiger partial charge in [-0.3, -0.25) is 0 Å². The van der Waals surface area contributed by atoms with Crippen LogP contribution in [0.25, 0.3) is 12.2 Å². The Hall–Kier alpha value is -4.02. The highest BCUT2D eigenvalue weighted by Gasteiger charge is 2.05. The van der Waals surface area contributed by atoms with Crippen LogP contribution in [-0.4, -0.2) is 0 Å². The van der Waals surface area contributed by atoms with E-state index in [9.17, 15) is 0 Å². The lowest BCUT2D eigenvalue weighted by molar-refractivity contribution is 0.506. The first-order chi connectivity index (χ1) is 14.6. The van der Waals surface area contributed by atoms with Gasteiger partial charge in [-0.1, -0.05) is 74.5 Å². The second kappa shape index (κ2) is 9.96. The van der Waals surface area contributed by atoms with Gasteiger partial charge in [0.15, 0.2) is 0 Å². The number of hydrogen-bond acceptors (Lipinski definition) is 4. The Morgan fingerprint density at radius 2 is 1.00 bits per heavy atom. The van der Waals surface area contributed by atoms with Crippen LogP contribution in [-0.2, 0) is 0 Å². The van der Waals surface area contributed by atoms with Crippen LogP contribution in [0.1, 0.15) is 36.8 Å². The lowest BCUT2D eigenvalue weighted by atomic mass is 9.97. The Morgan fingerprint density at radius 3 is 1.33 bits per heavy atom. The molecular weight excluding hydrogens is 372 g/mol. The topological polar surface area (TPSA) is 66.0 Å². The molecule has 4 nitrogen and oxygen atoms in total. The van der Waals surface area contributed by atoms with E-state index < -0.39 is 0 Å². The van der Waals surface area contributed by atoms with Gasteiger partial charge >= 0.3 is 0 Å². The van der Waals surface area contributed by atoms with Crippen molar-refractivity contribution in [3.8, 4) is 24.0 Å². The van der Waals surface area contributed by atoms with Crippen molar-refractivity contribution in [2.75, 3.05) is 0 Å². The summed E-state index contributed by atoms with van der Waals surface area (Å²) in [6.07, 6.45) is 7.85. The van der Waals surface area contributed by atoms with Crippen molar-refractivity contribution in [2.45, 2.75) is 25.7 Å². The Labute approximate surface area is 176 Å². The molecule has 2 atom stereocenters. The largest absolute Gasteiger partial charge is 0.388 e. The maximum atomic E-state index is 8.61. The quantitative estimate of drug-likeness (QED) is 0.574. The maximum absolute atomic E-state index is 8.61. The molecule has 30 heavy (non-hydrogen) atoms. The molecule has 0 radical (unpaired) electrons. The van der Waals surface area contributed by atoms with Crippen LogP contribution < -0.4 is 19.9 Å². The van der Waals surface area contributed by atoms with E-state index in [1.165, 1.54) is 10.4 Å². The molecule has 0 bridgehead atoms. The van der Waals surface area contributed by atoms with Crippen LogP contribution in [0.4, 0.5) is 0 Å². The van der Waals surface area contributed by atoms with E-state index in [0.29, 0.717) is 11.5 Å². The summed E-state index contributed by atoms with van der Waals surface area (Å²) in [6, 6.07) is 23.5. The third kappa shape index (κ3) is 5.28. The van der Waals surface area contributed by atoms with Crippen molar-refractivity contribution in [2.24, 2.45) is 0 Å². The highest BCUT2D eigenvalue weighted by Crippen LogP contribution is 2.21. The standard InChI is InChI=1S/C26H22N2O2/c1-19(21-7-11-25(12-8-21)29-17-27)15-23-5-3-4-6-24(23)16-20(2)22-9-13-26(14-10-22)30-18-28/h3-16,19-20H,1-2H3. The molecule has 0 amide bonds. The average molecular weight is 394 g/mol. The second-order valence-electron chi connectivity index (χ2n) is 7.06. The molecule has 0 aliphatic rings. The molecule has 0 saturated carbocycles. The minimum absolute atomic E-state index is 0.202. The van der Waals surface area contributed by atoms with Crippen LogP contribution >= 0.6 is 0 Å².